The highest BCUT2D eigenvalue weighted by Crippen LogP contribution is 2.35. The Kier molecular flexibility index (Phi) is 4.99. The molecule has 1 aromatic heterocycles. The van der Waals surface area contributed by atoms with Crippen LogP contribution in [0.1, 0.15) is 31.2 Å². The number of benzene rings is 1. The summed E-state index contributed by atoms with van der Waals surface area (Å²) in [7, 11) is 1.47. The van der Waals surface area contributed by atoms with Crippen molar-refractivity contribution in [3.8, 4) is 11.4 Å². The molecule has 140 valence electrons. The van der Waals surface area contributed by atoms with Gasteiger partial charge in [-0.05, 0) is 31.2 Å². The molecule has 1 unspecified atom stereocenters. The van der Waals surface area contributed by atoms with E-state index in [0.717, 1.165) is 12.8 Å². The van der Waals surface area contributed by atoms with E-state index in [2.05, 4.69) is 14.7 Å². The number of aromatic nitrogens is 2. The Labute approximate surface area is 147 Å². The van der Waals surface area contributed by atoms with Gasteiger partial charge in [0.25, 0.3) is 5.91 Å². The molecule has 2 aromatic rings. The summed E-state index contributed by atoms with van der Waals surface area (Å²) in [5.74, 6) is -1.24. The van der Waals surface area contributed by atoms with Crippen LogP contribution in [-0.2, 0) is 22.2 Å². The number of halogens is 3. The van der Waals surface area contributed by atoms with E-state index in [-0.39, 0.29) is 24.2 Å². The minimum absolute atomic E-state index is 0.0203. The van der Waals surface area contributed by atoms with Crippen molar-refractivity contribution in [3.05, 3.63) is 35.7 Å². The highest BCUT2D eigenvalue weighted by Gasteiger charge is 2.38. The Bertz CT molecular complexity index is 770. The molecule has 1 atom stereocenters. The van der Waals surface area contributed by atoms with Crippen LogP contribution in [0.3, 0.4) is 0 Å². The first-order chi connectivity index (χ1) is 12.3. The summed E-state index contributed by atoms with van der Waals surface area (Å²) in [5, 5.41) is 4.72. The average Bonchev–Trinajstić information content (AvgIpc) is 3.31. The van der Waals surface area contributed by atoms with Gasteiger partial charge in [-0.15, -0.1) is 0 Å². The van der Waals surface area contributed by atoms with E-state index >= 15 is 0 Å². The van der Waals surface area contributed by atoms with E-state index in [4.69, 9.17) is 4.84 Å². The number of amides is 1. The van der Waals surface area contributed by atoms with Gasteiger partial charge >= 0.3 is 12.1 Å². The minimum Gasteiger partial charge on any atom is -0.329 e. The molecule has 0 bridgehead atoms. The van der Waals surface area contributed by atoms with Crippen LogP contribution in [0.25, 0.3) is 11.4 Å². The first kappa shape index (κ1) is 18.4. The van der Waals surface area contributed by atoms with Crippen molar-refractivity contribution in [3.63, 3.8) is 0 Å². The number of nitrogens with zero attached hydrogens (tertiary/aromatic N) is 3. The van der Waals surface area contributed by atoms with Gasteiger partial charge in [-0.1, -0.05) is 29.4 Å². The van der Waals surface area contributed by atoms with E-state index in [0.29, 0.717) is 17.0 Å². The molecule has 0 N–H and O–H groups in total. The van der Waals surface area contributed by atoms with Gasteiger partial charge in [-0.3, -0.25) is 9.63 Å². The summed E-state index contributed by atoms with van der Waals surface area (Å²) in [4.78, 5) is 21.0. The summed E-state index contributed by atoms with van der Waals surface area (Å²) >= 11 is 0. The van der Waals surface area contributed by atoms with E-state index in [1.165, 1.54) is 12.2 Å². The Hall–Kier alpha value is -2.42. The molecule has 1 aromatic carbocycles. The molecule has 26 heavy (non-hydrogen) atoms. The van der Waals surface area contributed by atoms with Crippen LogP contribution in [0.4, 0.5) is 13.2 Å². The van der Waals surface area contributed by atoms with Crippen LogP contribution in [0.5, 0.6) is 0 Å². The molecule has 0 spiro atoms. The van der Waals surface area contributed by atoms with Gasteiger partial charge in [0.05, 0.1) is 19.6 Å². The summed E-state index contributed by atoms with van der Waals surface area (Å²) in [6.45, 7) is 1.96. The lowest BCUT2D eigenvalue weighted by atomic mass is 10.1. The van der Waals surface area contributed by atoms with Gasteiger partial charge in [0.1, 0.15) is 0 Å². The van der Waals surface area contributed by atoms with Crippen LogP contribution < -0.4 is 0 Å². The maximum absolute atomic E-state index is 12.5. The highest BCUT2D eigenvalue weighted by molar-refractivity contribution is 5.78. The molecule has 1 amide bonds. The van der Waals surface area contributed by atoms with Crippen molar-refractivity contribution in [2.24, 2.45) is 5.92 Å². The van der Waals surface area contributed by atoms with Gasteiger partial charge in [0.2, 0.25) is 5.82 Å². The first-order valence-electron chi connectivity index (χ1n) is 8.16. The molecule has 0 radical (unpaired) electrons. The number of alkyl halides is 3. The Morgan fingerprint density at radius 1 is 1.35 bits per heavy atom. The zero-order valence-corrected chi connectivity index (χ0v) is 14.3. The van der Waals surface area contributed by atoms with Crippen molar-refractivity contribution < 1.29 is 27.3 Å². The maximum atomic E-state index is 12.5. The fourth-order valence-corrected chi connectivity index (χ4v) is 2.75. The zero-order valence-electron chi connectivity index (χ0n) is 14.3. The molecule has 6 nitrogen and oxygen atoms in total. The minimum atomic E-state index is -4.68. The van der Waals surface area contributed by atoms with Crippen molar-refractivity contribution >= 4 is 5.91 Å². The number of hydroxylamine groups is 2. The normalized spacial score (nSPS) is 15.7. The number of carbonyl (C=O) groups is 1. The molecule has 0 saturated heterocycles. The SMILES string of the molecule is CON(C(=O)Cc1ccc(-c2noc(C(F)(F)F)n2)cc1)C(C)C1CC1. The fourth-order valence-electron chi connectivity index (χ4n) is 2.75. The van der Waals surface area contributed by atoms with Gasteiger partial charge in [-0.2, -0.15) is 18.2 Å². The molecule has 1 saturated carbocycles. The second-order valence-electron chi connectivity index (χ2n) is 6.27. The van der Waals surface area contributed by atoms with Crippen molar-refractivity contribution in [2.75, 3.05) is 7.11 Å². The van der Waals surface area contributed by atoms with Crippen molar-refractivity contribution in [1.29, 1.82) is 0 Å². The van der Waals surface area contributed by atoms with Crippen LogP contribution in [0.2, 0.25) is 0 Å². The van der Waals surface area contributed by atoms with E-state index < -0.39 is 12.1 Å². The molecule has 0 aliphatic heterocycles. The smallest absolute Gasteiger partial charge is 0.329 e. The monoisotopic (exact) mass is 369 g/mol. The van der Waals surface area contributed by atoms with Crippen LogP contribution in [0, 0.1) is 5.92 Å². The summed E-state index contributed by atoms with van der Waals surface area (Å²) in [5.41, 5.74) is 1.08. The van der Waals surface area contributed by atoms with Gasteiger partial charge in [0.15, 0.2) is 0 Å². The van der Waals surface area contributed by atoms with E-state index in [1.807, 2.05) is 6.92 Å². The van der Waals surface area contributed by atoms with E-state index in [9.17, 15) is 18.0 Å². The fraction of sp³-hybridized carbons (Fsp3) is 0.471. The van der Waals surface area contributed by atoms with Crippen LogP contribution in [0.15, 0.2) is 28.8 Å². The van der Waals surface area contributed by atoms with Crippen molar-refractivity contribution in [2.45, 2.75) is 38.4 Å². The molecule has 1 aliphatic carbocycles. The molecule has 1 fully saturated rings. The predicted octanol–water partition coefficient (Wildman–Crippen LogP) is 3.49. The quantitative estimate of drug-likeness (QED) is 0.729. The molecule has 1 aliphatic rings. The highest BCUT2D eigenvalue weighted by atomic mass is 19.4. The summed E-state index contributed by atoms with van der Waals surface area (Å²) in [6, 6.07) is 6.41. The second-order valence-corrected chi connectivity index (χ2v) is 6.27. The second kappa shape index (κ2) is 7.06. The van der Waals surface area contributed by atoms with Gasteiger partial charge < -0.3 is 4.52 Å². The summed E-state index contributed by atoms with van der Waals surface area (Å²) < 4.78 is 41.7. The third kappa shape index (κ3) is 4.04. The number of carbonyl (C=O) groups excluding carboxylic acids is 1. The van der Waals surface area contributed by atoms with Gasteiger partial charge in [0, 0.05) is 5.56 Å². The molecule has 9 heteroatoms. The largest absolute Gasteiger partial charge is 0.471 e. The van der Waals surface area contributed by atoms with Crippen LogP contribution in [-0.4, -0.2) is 34.3 Å². The molecular weight excluding hydrogens is 351 g/mol. The number of hydrogen-bond donors (Lipinski definition) is 0. The Balaban J connectivity index is 1.67. The molecular formula is C17H18F3N3O3. The Morgan fingerprint density at radius 3 is 2.50 bits per heavy atom. The predicted molar refractivity (Wildman–Crippen MR) is 84.5 cm³/mol. The third-order valence-electron chi connectivity index (χ3n) is 4.35. The lowest BCUT2D eigenvalue weighted by molar-refractivity contribution is -0.188. The molecule has 1 heterocycles. The topological polar surface area (TPSA) is 68.5 Å². The van der Waals surface area contributed by atoms with Gasteiger partial charge in [-0.25, -0.2) is 5.06 Å². The Morgan fingerprint density at radius 2 is 2.00 bits per heavy atom. The third-order valence-corrected chi connectivity index (χ3v) is 4.35. The number of rotatable bonds is 6. The maximum Gasteiger partial charge on any atom is 0.471 e. The standard InChI is InChI=1S/C17H18F3N3O3/c1-10(12-7-8-12)23(25-2)14(24)9-11-3-5-13(6-4-11)15-21-16(26-22-15)17(18,19)20/h3-6,10,12H,7-9H2,1-2H3. The van der Waals surface area contributed by atoms with E-state index in [1.54, 1.807) is 24.3 Å². The number of hydrogen-bond acceptors (Lipinski definition) is 5. The van der Waals surface area contributed by atoms with Crippen molar-refractivity contribution in [1.82, 2.24) is 15.2 Å². The zero-order chi connectivity index (χ0) is 18.9. The first-order valence-corrected chi connectivity index (χ1v) is 8.16. The molecule has 3 rings (SSSR count). The van der Waals surface area contributed by atoms with Crippen LogP contribution >= 0.6 is 0 Å². The average molecular weight is 369 g/mol. The lowest BCUT2D eigenvalue weighted by Gasteiger charge is -2.26. The lowest BCUT2D eigenvalue weighted by Crippen LogP contribution is -2.39. The summed E-state index contributed by atoms with van der Waals surface area (Å²) in [6.07, 6.45) is -2.37.